The maximum atomic E-state index is 2.37. The average Bonchev–Trinajstić information content (AvgIpc) is 2.01. The van der Waals surface area contributed by atoms with E-state index in [2.05, 4.69) is 70.0 Å². The van der Waals surface area contributed by atoms with Gasteiger partial charge in [-0.05, 0) is 10.8 Å². The van der Waals surface area contributed by atoms with Crippen LogP contribution in [0.15, 0.2) is 0 Å². The molecule has 1 fully saturated rings. The highest BCUT2D eigenvalue weighted by Crippen LogP contribution is 2.49. The molecule has 1 rings (SSSR count). The molecule has 14 heavy (non-hydrogen) atoms. The van der Waals surface area contributed by atoms with E-state index in [1.807, 2.05) is 0 Å². The predicted octanol–water partition coefficient (Wildman–Crippen LogP) is 2.23. The molecule has 1 aliphatic rings. The fourth-order valence-corrected chi connectivity index (χ4v) is 2.26. The fraction of sp³-hybridized carbons (Fsp3) is 1.00. The molecule has 2 atom stereocenters. The lowest BCUT2D eigenvalue weighted by molar-refractivity contribution is 0.275. The Hall–Kier alpha value is 0.260. The first-order valence-electron chi connectivity index (χ1n) is 5.58. The first kappa shape index (κ1) is 12.3. The summed E-state index contributed by atoms with van der Waals surface area (Å²) in [6.07, 6.45) is 0. The summed E-state index contributed by atoms with van der Waals surface area (Å²) in [6.45, 7) is 14.0. The minimum atomic E-state index is 0.360. The Morgan fingerprint density at radius 1 is 0.643 bits per heavy atom. The topological polar surface area (TPSA) is 0 Å². The van der Waals surface area contributed by atoms with Crippen molar-refractivity contribution >= 4 is 28.5 Å². The van der Waals surface area contributed by atoms with E-state index >= 15 is 0 Å². The first-order chi connectivity index (χ1) is 6.23. The van der Waals surface area contributed by atoms with Crippen molar-refractivity contribution in [3.05, 3.63) is 0 Å². The first-order valence-corrected chi connectivity index (χ1v) is 5.58. The van der Waals surface area contributed by atoms with Crippen LogP contribution in [0.2, 0.25) is 11.6 Å². The summed E-state index contributed by atoms with van der Waals surface area (Å²) in [5.74, 6) is 1.32. The molecule has 0 spiro atoms. The number of rotatable bonds is 0. The Labute approximate surface area is 92.9 Å². The highest BCUT2D eigenvalue weighted by Gasteiger charge is 2.39. The van der Waals surface area contributed by atoms with Crippen LogP contribution in [0.25, 0.3) is 0 Å². The van der Waals surface area contributed by atoms with Gasteiger partial charge in [0.15, 0.2) is 0 Å². The van der Waals surface area contributed by atoms with Crippen molar-refractivity contribution in [3.8, 4) is 0 Å². The molecule has 0 amide bonds. The van der Waals surface area contributed by atoms with Gasteiger partial charge in [0.25, 0.3) is 0 Å². The highest BCUT2D eigenvalue weighted by atomic mass is 14.3. The van der Waals surface area contributed by atoms with Gasteiger partial charge < -0.3 is 0 Å². The molecule has 4 radical (unpaired) electrons. The van der Waals surface area contributed by atoms with Crippen LogP contribution in [0.4, 0.5) is 0 Å². The number of hydrogen-bond donors (Lipinski definition) is 0. The SMILES string of the molecule is CC(C)(C)C1[B][B][B][B]C1C(C)(C)C. The minimum Gasteiger partial charge on any atom is -0.0779 e. The van der Waals surface area contributed by atoms with E-state index < -0.39 is 0 Å². The van der Waals surface area contributed by atoms with Gasteiger partial charge in [0.1, 0.15) is 0 Å². The lowest BCUT2D eigenvalue weighted by Gasteiger charge is -2.47. The summed E-state index contributed by atoms with van der Waals surface area (Å²) in [5.41, 5.74) is 0.721. The smallest absolute Gasteiger partial charge is 0.0588 e. The largest absolute Gasteiger partial charge is 0.0779 e. The van der Waals surface area contributed by atoms with E-state index in [0.29, 0.717) is 22.5 Å². The van der Waals surface area contributed by atoms with Gasteiger partial charge in [-0.15, -0.1) is 0 Å². The molecule has 0 N–H and O–H groups in total. The molecule has 72 valence electrons. The molecule has 2 unspecified atom stereocenters. The zero-order chi connectivity index (χ0) is 11.0. The van der Waals surface area contributed by atoms with E-state index in [-0.39, 0.29) is 0 Å². The van der Waals surface area contributed by atoms with Crippen molar-refractivity contribution in [2.75, 3.05) is 0 Å². The van der Waals surface area contributed by atoms with Gasteiger partial charge in [-0.1, -0.05) is 53.2 Å². The van der Waals surface area contributed by atoms with Crippen LogP contribution in [-0.4, -0.2) is 28.5 Å². The Kier molecular flexibility index (Phi) is 3.54. The standard InChI is InChI=1S/C10H20B4/c1-9(2,3)7-8(10(4,5)6)12-14-13-11-7/h7-8H,1-6H3. The van der Waals surface area contributed by atoms with E-state index in [4.69, 9.17) is 0 Å². The normalized spacial score (nSPS) is 28.1. The van der Waals surface area contributed by atoms with Crippen molar-refractivity contribution in [2.24, 2.45) is 10.8 Å². The van der Waals surface area contributed by atoms with E-state index in [9.17, 15) is 0 Å². The Bertz CT molecular complexity index is 167. The second kappa shape index (κ2) is 4.02. The lowest BCUT2D eigenvalue weighted by Crippen LogP contribution is -2.45. The predicted molar refractivity (Wildman–Crippen MR) is 69.4 cm³/mol. The van der Waals surface area contributed by atoms with Gasteiger partial charge in [0, 0.05) is 14.1 Å². The molecule has 0 saturated carbocycles. The second-order valence-corrected chi connectivity index (χ2v) is 6.55. The maximum absolute atomic E-state index is 2.37. The molecule has 0 aromatic rings. The third-order valence-electron chi connectivity index (χ3n) is 3.13. The van der Waals surface area contributed by atoms with Crippen LogP contribution in [-0.2, 0) is 0 Å². The molecule has 0 nitrogen and oxygen atoms in total. The zero-order valence-electron chi connectivity index (χ0n) is 10.5. The van der Waals surface area contributed by atoms with Gasteiger partial charge in [0.2, 0.25) is 0 Å². The Balaban J connectivity index is 2.80. The Morgan fingerprint density at radius 3 is 1.14 bits per heavy atom. The van der Waals surface area contributed by atoms with Crippen molar-refractivity contribution in [3.63, 3.8) is 0 Å². The van der Waals surface area contributed by atoms with Crippen molar-refractivity contribution < 1.29 is 0 Å². The summed E-state index contributed by atoms with van der Waals surface area (Å²) < 4.78 is 0. The minimum absolute atomic E-state index is 0.360. The van der Waals surface area contributed by atoms with Crippen molar-refractivity contribution in [2.45, 2.75) is 53.2 Å². The third kappa shape index (κ3) is 2.87. The van der Waals surface area contributed by atoms with Gasteiger partial charge in [-0.25, -0.2) is 0 Å². The van der Waals surface area contributed by atoms with Crippen LogP contribution in [0, 0.1) is 10.8 Å². The van der Waals surface area contributed by atoms with Gasteiger partial charge >= 0.3 is 0 Å². The highest BCUT2D eigenvalue weighted by molar-refractivity contribution is 7.46. The summed E-state index contributed by atoms with van der Waals surface area (Å²) in [7, 11) is 9.13. The molecular weight excluding hydrogens is 163 g/mol. The number of hydrogen-bond acceptors (Lipinski definition) is 0. The van der Waals surface area contributed by atoms with E-state index in [0.717, 1.165) is 0 Å². The summed E-state index contributed by atoms with van der Waals surface area (Å²) >= 11 is 0. The molecule has 4 heteroatoms. The van der Waals surface area contributed by atoms with Gasteiger partial charge in [-0.2, -0.15) is 0 Å². The van der Waals surface area contributed by atoms with Crippen LogP contribution in [0.3, 0.4) is 0 Å². The molecule has 1 heterocycles. The van der Waals surface area contributed by atoms with Gasteiger partial charge in [-0.3, -0.25) is 0 Å². The molecule has 0 aliphatic carbocycles. The molecule has 0 bridgehead atoms. The van der Waals surface area contributed by atoms with E-state index in [1.54, 1.807) is 0 Å². The lowest BCUT2D eigenvalue weighted by atomic mass is 8.97. The summed E-state index contributed by atoms with van der Waals surface area (Å²) in [4.78, 5) is 0. The van der Waals surface area contributed by atoms with Crippen molar-refractivity contribution in [1.29, 1.82) is 0 Å². The molecule has 1 saturated heterocycles. The van der Waals surface area contributed by atoms with E-state index in [1.165, 1.54) is 0 Å². The summed E-state index contributed by atoms with van der Waals surface area (Å²) in [5, 5.41) is 0. The monoisotopic (exact) mass is 184 g/mol. The van der Waals surface area contributed by atoms with Crippen molar-refractivity contribution in [1.82, 2.24) is 0 Å². The second-order valence-electron chi connectivity index (χ2n) is 6.55. The van der Waals surface area contributed by atoms with Crippen LogP contribution in [0.1, 0.15) is 41.5 Å². The fourth-order valence-electron chi connectivity index (χ4n) is 2.26. The maximum Gasteiger partial charge on any atom is 0.0588 e. The molecule has 0 aromatic carbocycles. The third-order valence-corrected chi connectivity index (χ3v) is 3.13. The zero-order valence-corrected chi connectivity index (χ0v) is 10.5. The quantitative estimate of drug-likeness (QED) is 0.505. The molecule has 1 aliphatic heterocycles. The molecular formula is C10H20B4. The molecule has 0 aromatic heterocycles. The summed E-state index contributed by atoms with van der Waals surface area (Å²) in [6, 6.07) is 0. The van der Waals surface area contributed by atoms with Gasteiger partial charge in [0.05, 0.1) is 14.3 Å². The van der Waals surface area contributed by atoms with Crippen LogP contribution < -0.4 is 0 Å². The van der Waals surface area contributed by atoms with Crippen LogP contribution in [0.5, 0.6) is 0 Å². The Morgan fingerprint density at radius 2 is 0.929 bits per heavy atom. The average molecular weight is 184 g/mol. The van der Waals surface area contributed by atoms with Crippen LogP contribution >= 0.6 is 0 Å².